The molecular weight excluding hydrogens is 248 g/mol. The fraction of sp³-hybridized carbons (Fsp3) is 0.583. The molecule has 0 aliphatic carbocycles. The van der Waals surface area contributed by atoms with Crippen molar-refractivity contribution in [1.29, 1.82) is 0 Å². The summed E-state index contributed by atoms with van der Waals surface area (Å²) in [5, 5.41) is 11.6. The summed E-state index contributed by atoms with van der Waals surface area (Å²) in [5.74, 6) is -1.58. The number of nitrogens with two attached hydrogens (primary N) is 1. The molecule has 0 radical (unpaired) electrons. The van der Waals surface area contributed by atoms with Gasteiger partial charge in [-0.25, -0.2) is 9.78 Å². The topological polar surface area (TPSA) is 121 Å². The summed E-state index contributed by atoms with van der Waals surface area (Å²) >= 11 is 0. The molecule has 5 N–H and O–H groups in total. The van der Waals surface area contributed by atoms with Gasteiger partial charge in [-0.15, -0.1) is 0 Å². The van der Waals surface area contributed by atoms with Crippen molar-refractivity contribution in [1.82, 2.24) is 15.3 Å². The third-order valence-electron chi connectivity index (χ3n) is 2.81. The Labute approximate surface area is 111 Å². The van der Waals surface area contributed by atoms with Gasteiger partial charge in [-0.05, 0) is 5.41 Å². The molecule has 19 heavy (non-hydrogen) atoms. The Hall–Kier alpha value is -1.89. The number of nitrogens with zero attached hydrogens (tertiary/aromatic N) is 1. The van der Waals surface area contributed by atoms with E-state index < -0.39 is 29.4 Å². The predicted octanol–water partition coefficient (Wildman–Crippen LogP) is -0.105. The Kier molecular flexibility index (Phi) is 4.66. The number of aromatic nitrogens is 2. The van der Waals surface area contributed by atoms with Crippen LogP contribution in [0.5, 0.6) is 0 Å². The molecule has 1 aromatic heterocycles. The lowest BCUT2D eigenvalue weighted by molar-refractivity contribution is -0.142. The molecule has 1 amide bonds. The van der Waals surface area contributed by atoms with Crippen LogP contribution in [-0.2, 0) is 16.0 Å². The number of imidazole rings is 1. The van der Waals surface area contributed by atoms with Crippen LogP contribution in [0.25, 0.3) is 0 Å². The zero-order valence-electron chi connectivity index (χ0n) is 11.3. The van der Waals surface area contributed by atoms with E-state index in [1.807, 2.05) is 20.8 Å². The van der Waals surface area contributed by atoms with Gasteiger partial charge in [0.2, 0.25) is 5.91 Å². The zero-order chi connectivity index (χ0) is 14.6. The van der Waals surface area contributed by atoms with Gasteiger partial charge in [0.15, 0.2) is 0 Å². The first kappa shape index (κ1) is 15.2. The summed E-state index contributed by atoms with van der Waals surface area (Å²) in [5.41, 5.74) is 6.00. The summed E-state index contributed by atoms with van der Waals surface area (Å²) in [4.78, 5) is 29.7. The van der Waals surface area contributed by atoms with Crippen LogP contribution in [0.4, 0.5) is 0 Å². The van der Waals surface area contributed by atoms with Crippen LogP contribution >= 0.6 is 0 Å². The molecule has 0 saturated heterocycles. The number of rotatable bonds is 5. The summed E-state index contributed by atoms with van der Waals surface area (Å²) in [7, 11) is 0. The molecule has 7 nitrogen and oxygen atoms in total. The van der Waals surface area contributed by atoms with Crippen molar-refractivity contribution in [2.24, 2.45) is 11.1 Å². The Morgan fingerprint density at radius 2 is 2.16 bits per heavy atom. The first-order chi connectivity index (χ1) is 8.71. The van der Waals surface area contributed by atoms with Gasteiger partial charge in [0.05, 0.1) is 12.4 Å². The first-order valence-electron chi connectivity index (χ1n) is 5.98. The largest absolute Gasteiger partial charge is 0.480 e. The molecule has 7 heteroatoms. The van der Waals surface area contributed by atoms with Gasteiger partial charge in [-0.3, -0.25) is 4.79 Å². The number of amides is 1. The number of hydrogen-bond donors (Lipinski definition) is 4. The third-order valence-corrected chi connectivity index (χ3v) is 2.81. The number of aromatic amines is 1. The van der Waals surface area contributed by atoms with Crippen LogP contribution in [-0.4, -0.2) is 39.0 Å². The molecule has 0 bridgehead atoms. The highest BCUT2D eigenvalue weighted by Gasteiger charge is 2.30. The number of H-pyrrole nitrogens is 1. The van der Waals surface area contributed by atoms with Gasteiger partial charge in [0, 0.05) is 18.3 Å². The third kappa shape index (κ3) is 4.36. The van der Waals surface area contributed by atoms with Crippen molar-refractivity contribution < 1.29 is 14.7 Å². The van der Waals surface area contributed by atoms with Gasteiger partial charge in [-0.2, -0.15) is 0 Å². The summed E-state index contributed by atoms with van der Waals surface area (Å²) in [6.07, 6.45) is 3.11. The van der Waals surface area contributed by atoms with Crippen molar-refractivity contribution in [3.05, 3.63) is 18.2 Å². The van der Waals surface area contributed by atoms with E-state index in [2.05, 4.69) is 15.3 Å². The van der Waals surface area contributed by atoms with Gasteiger partial charge in [0.1, 0.15) is 6.04 Å². The Balaban J connectivity index is 2.69. The van der Waals surface area contributed by atoms with Crippen molar-refractivity contribution in [3.8, 4) is 0 Å². The van der Waals surface area contributed by atoms with Crippen molar-refractivity contribution in [2.45, 2.75) is 39.3 Å². The maximum atomic E-state index is 11.9. The molecular formula is C12H20N4O3. The maximum absolute atomic E-state index is 11.9. The van der Waals surface area contributed by atoms with Crippen molar-refractivity contribution >= 4 is 11.9 Å². The second-order valence-electron chi connectivity index (χ2n) is 5.52. The number of aliphatic carboxylic acids is 1. The lowest BCUT2D eigenvalue weighted by atomic mass is 9.87. The Morgan fingerprint density at radius 1 is 1.53 bits per heavy atom. The molecule has 1 heterocycles. The monoisotopic (exact) mass is 268 g/mol. The van der Waals surface area contributed by atoms with Crippen LogP contribution in [0.15, 0.2) is 12.5 Å². The van der Waals surface area contributed by atoms with E-state index >= 15 is 0 Å². The fourth-order valence-corrected chi connectivity index (χ4v) is 1.47. The number of carboxylic acids is 1. The second-order valence-corrected chi connectivity index (χ2v) is 5.52. The summed E-state index contributed by atoms with van der Waals surface area (Å²) in [6.45, 7) is 5.46. The number of carbonyl (C=O) groups is 2. The van der Waals surface area contributed by atoms with Gasteiger partial charge in [-0.1, -0.05) is 20.8 Å². The van der Waals surface area contributed by atoms with Gasteiger partial charge in [0.25, 0.3) is 0 Å². The van der Waals surface area contributed by atoms with E-state index in [1.165, 1.54) is 12.5 Å². The molecule has 2 atom stereocenters. The number of carboxylic acid groups (broad SMARTS) is 1. The van der Waals surface area contributed by atoms with E-state index in [0.717, 1.165) is 0 Å². The van der Waals surface area contributed by atoms with Crippen molar-refractivity contribution in [2.75, 3.05) is 0 Å². The fourth-order valence-electron chi connectivity index (χ4n) is 1.47. The van der Waals surface area contributed by atoms with E-state index in [-0.39, 0.29) is 6.42 Å². The molecule has 0 spiro atoms. The standard InChI is InChI=1S/C12H20N4O3/c1-12(2,3)9(13)10(17)16-8(11(18)19)4-7-5-14-6-15-7/h5-6,8-9H,4,13H2,1-3H3,(H,14,15)(H,16,17)(H,18,19)/t8-,9?/m0/s1. The lowest BCUT2D eigenvalue weighted by Crippen LogP contribution is -2.53. The van der Waals surface area contributed by atoms with Crippen LogP contribution in [0.3, 0.4) is 0 Å². The smallest absolute Gasteiger partial charge is 0.326 e. The molecule has 1 aromatic rings. The molecule has 1 unspecified atom stereocenters. The van der Waals surface area contributed by atoms with Crippen LogP contribution in [0, 0.1) is 5.41 Å². The Morgan fingerprint density at radius 3 is 2.58 bits per heavy atom. The van der Waals surface area contributed by atoms with E-state index in [4.69, 9.17) is 10.8 Å². The minimum atomic E-state index is -1.11. The molecule has 106 valence electrons. The molecule has 0 saturated carbocycles. The Bertz CT molecular complexity index is 436. The van der Waals surface area contributed by atoms with Crippen molar-refractivity contribution in [3.63, 3.8) is 0 Å². The highest BCUT2D eigenvalue weighted by molar-refractivity contribution is 5.87. The van der Waals surface area contributed by atoms with Crippen LogP contribution < -0.4 is 11.1 Å². The summed E-state index contributed by atoms with van der Waals surface area (Å²) < 4.78 is 0. The number of carbonyl (C=O) groups excluding carboxylic acids is 1. The zero-order valence-corrected chi connectivity index (χ0v) is 11.3. The molecule has 0 aliphatic heterocycles. The molecule has 0 aliphatic rings. The predicted molar refractivity (Wildman–Crippen MR) is 69.3 cm³/mol. The van der Waals surface area contributed by atoms with E-state index in [0.29, 0.717) is 5.69 Å². The summed E-state index contributed by atoms with van der Waals surface area (Å²) in [6, 6.07) is -1.79. The average Bonchev–Trinajstić information content (AvgIpc) is 2.78. The van der Waals surface area contributed by atoms with Crippen LogP contribution in [0.2, 0.25) is 0 Å². The minimum absolute atomic E-state index is 0.137. The lowest BCUT2D eigenvalue weighted by Gasteiger charge is -2.27. The van der Waals surface area contributed by atoms with Gasteiger partial charge >= 0.3 is 5.97 Å². The molecule has 0 fully saturated rings. The molecule has 1 rings (SSSR count). The number of hydrogen-bond acceptors (Lipinski definition) is 4. The molecule has 0 aromatic carbocycles. The highest BCUT2D eigenvalue weighted by Crippen LogP contribution is 2.17. The average molecular weight is 268 g/mol. The van der Waals surface area contributed by atoms with E-state index in [1.54, 1.807) is 0 Å². The van der Waals surface area contributed by atoms with E-state index in [9.17, 15) is 9.59 Å². The first-order valence-corrected chi connectivity index (χ1v) is 5.98. The second kappa shape index (κ2) is 5.83. The van der Waals surface area contributed by atoms with Gasteiger partial charge < -0.3 is 21.1 Å². The maximum Gasteiger partial charge on any atom is 0.326 e. The number of nitrogens with one attached hydrogen (secondary N) is 2. The highest BCUT2D eigenvalue weighted by atomic mass is 16.4. The normalized spacial score (nSPS) is 14.7. The minimum Gasteiger partial charge on any atom is -0.480 e. The quantitative estimate of drug-likeness (QED) is 0.594. The van der Waals surface area contributed by atoms with Crippen LogP contribution in [0.1, 0.15) is 26.5 Å². The SMILES string of the molecule is CC(C)(C)C(N)C(=O)N[C@@H](Cc1cnc[nH]1)C(=O)O.